The number of nitrogens with one attached hydrogen (secondary N) is 2. The quantitative estimate of drug-likeness (QED) is 0.341. The highest BCUT2D eigenvalue weighted by Crippen LogP contribution is 2.31. The molecule has 1 aliphatic carbocycles. The second-order valence-electron chi connectivity index (χ2n) is 8.94. The summed E-state index contributed by atoms with van der Waals surface area (Å²) >= 11 is 5.86. The highest BCUT2D eigenvalue weighted by atomic mass is 35.5. The average Bonchev–Trinajstić information content (AvgIpc) is 3.43. The number of carbonyl (C=O) groups excluding carboxylic acids is 2. The van der Waals surface area contributed by atoms with Gasteiger partial charge in [-0.25, -0.2) is 10.4 Å². The van der Waals surface area contributed by atoms with Gasteiger partial charge in [-0.15, -0.1) is 0 Å². The van der Waals surface area contributed by atoms with Gasteiger partial charge in [-0.2, -0.15) is 5.10 Å². The Kier molecular flexibility index (Phi) is 6.36. The van der Waals surface area contributed by atoms with E-state index in [0.717, 1.165) is 39.6 Å². The molecule has 9 heteroatoms. The standard InChI is InChI=1S/C27H25ClN4O4/c1-14-7-9-19-17(13-35-25(19)15(14)2)11-23(33)32-31-20-5-4-6-21-24(20)16(3)26(36-21)27(34)30-22-10-8-18(28)12-29-22/h7-10,12-13H,4-6,11H2,1-3H3,(H,32,33)(H,29,30,34)/b31-20+. The van der Waals surface area contributed by atoms with Crippen molar-refractivity contribution in [1.82, 2.24) is 10.4 Å². The molecule has 1 aliphatic rings. The third-order valence-corrected chi connectivity index (χ3v) is 6.73. The fourth-order valence-corrected chi connectivity index (χ4v) is 4.60. The van der Waals surface area contributed by atoms with Crippen molar-refractivity contribution < 1.29 is 18.4 Å². The molecule has 0 saturated carbocycles. The molecule has 184 valence electrons. The van der Waals surface area contributed by atoms with Crippen molar-refractivity contribution in [3.05, 3.63) is 81.1 Å². The Morgan fingerprint density at radius 2 is 1.94 bits per heavy atom. The number of halogens is 1. The Morgan fingerprint density at radius 1 is 1.11 bits per heavy atom. The van der Waals surface area contributed by atoms with E-state index in [1.54, 1.807) is 18.4 Å². The lowest BCUT2D eigenvalue weighted by Gasteiger charge is -2.13. The molecule has 0 aliphatic heterocycles. The van der Waals surface area contributed by atoms with Crippen LogP contribution in [0.5, 0.6) is 0 Å². The molecule has 1 aromatic carbocycles. The van der Waals surface area contributed by atoms with Crippen molar-refractivity contribution >= 4 is 45.9 Å². The van der Waals surface area contributed by atoms with Gasteiger partial charge in [0.05, 0.1) is 23.4 Å². The van der Waals surface area contributed by atoms with Crippen molar-refractivity contribution in [2.75, 3.05) is 5.32 Å². The fourth-order valence-electron chi connectivity index (χ4n) is 4.49. The number of pyridine rings is 1. The third-order valence-electron chi connectivity index (χ3n) is 6.51. The minimum Gasteiger partial charge on any atom is -0.464 e. The number of hydrogen-bond donors (Lipinski definition) is 2. The summed E-state index contributed by atoms with van der Waals surface area (Å²) in [6.45, 7) is 5.85. The third kappa shape index (κ3) is 4.52. The van der Waals surface area contributed by atoms with Gasteiger partial charge in [0.2, 0.25) is 5.91 Å². The van der Waals surface area contributed by atoms with E-state index in [-0.39, 0.29) is 18.1 Å². The summed E-state index contributed by atoms with van der Waals surface area (Å²) in [5, 5.41) is 8.54. The van der Waals surface area contributed by atoms with Gasteiger partial charge in [0, 0.05) is 34.7 Å². The van der Waals surface area contributed by atoms with Gasteiger partial charge in [-0.3, -0.25) is 9.59 Å². The second-order valence-corrected chi connectivity index (χ2v) is 9.38. The van der Waals surface area contributed by atoms with E-state index in [1.165, 1.54) is 6.20 Å². The smallest absolute Gasteiger partial charge is 0.292 e. The van der Waals surface area contributed by atoms with Crippen LogP contribution in [0.25, 0.3) is 11.0 Å². The van der Waals surface area contributed by atoms with Gasteiger partial charge in [-0.05, 0) is 56.9 Å². The Morgan fingerprint density at radius 3 is 2.72 bits per heavy atom. The number of furan rings is 2. The Bertz CT molecular complexity index is 1520. The minimum atomic E-state index is -0.405. The Hall–Kier alpha value is -3.91. The number of hydrogen-bond acceptors (Lipinski definition) is 6. The van der Waals surface area contributed by atoms with Gasteiger partial charge in [-0.1, -0.05) is 23.7 Å². The van der Waals surface area contributed by atoms with Gasteiger partial charge in [0.25, 0.3) is 5.91 Å². The monoisotopic (exact) mass is 504 g/mol. The molecular weight excluding hydrogens is 480 g/mol. The topological polar surface area (TPSA) is 110 Å². The summed E-state index contributed by atoms with van der Waals surface area (Å²) in [6.07, 6.45) is 5.39. The van der Waals surface area contributed by atoms with Crippen LogP contribution in [0.3, 0.4) is 0 Å². The van der Waals surface area contributed by atoms with Crippen molar-refractivity contribution in [3.8, 4) is 0 Å². The summed E-state index contributed by atoms with van der Waals surface area (Å²) in [5.41, 5.74) is 8.63. The molecule has 3 heterocycles. The van der Waals surface area contributed by atoms with Crippen LogP contribution in [0.4, 0.5) is 5.82 Å². The zero-order chi connectivity index (χ0) is 25.4. The van der Waals surface area contributed by atoms with Crippen LogP contribution >= 0.6 is 11.6 Å². The van der Waals surface area contributed by atoms with Crippen LogP contribution in [0.1, 0.15) is 57.0 Å². The predicted molar refractivity (Wildman–Crippen MR) is 138 cm³/mol. The maximum atomic E-state index is 12.8. The van der Waals surface area contributed by atoms with Crippen LogP contribution in [0, 0.1) is 20.8 Å². The zero-order valence-corrected chi connectivity index (χ0v) is 21.0. The summed E-state index contributed by atoms with van der Waals surface area (Å²) < 4.78 is 11.6. The maximum absolute atomic E-state index is 12.8. The molecule has 4 aromatic rings. The summed E-state index contributed by atoms with van der Waals surface area (Å²) in [4.78, 5) is 29.7. The number of carbonyl (C=O) groups is 2. The lowest BCUT2D eigenvalue weighted by atomic mass is 9.93. The largest absolute Gasteiger partial charge is 0.464 e. The molecule has 0 saturated heterocycles. The van der Waals surface area contributed by atoms with Crippen molar-refractivity contribution in [2.45, 2.75) is 46.5 Å². The molecular formula is C27H25ClN4O4. The van der Waals surface area contributed by atoms with E-state index in [2.05, 4.69) is 20.8 Å². The Balaban J connectivity index is 1.33. The first-order valence-electron chi connectivity index (χ1n) is 11.7. The molecule has 36 heavy (non-hydrogen) atoms. The number of rotatable bonds is 5. The Labute approximate surface area is 212 Å². The molecule has 8 nitrogen and oxygen atoms in total. The van der Waals surface area contributed by atoms with Crippen molar-refractivity contribution in [3.63, 3.8) is 0 Å². The summed E-state index contributed by atoms with van der Waals surface area (Å²) in [5.74, 6) is 0.609. The van der Waals surface area contributed by atoms with Crippen LogP contribution < -0.4 is 10.7 Å². The first kappa shape index (κ1) is 23.8. The number of aromatic nitrogens is 1. The van der Waals surface area contributed by atoms with Crippen LogP contribution in [-0.2, 0) is 17.6 Å². The number of hydrazone groups is 1. The number of amides is 2. The van der Waals surface area contributed by atoms with E-state index < -0.39 is 5.91 Å². The van der Waals surface area contributed by atoms with Crippen LogP contribution in [-0.4, -0.2) is 22.5 Å². The fraction of sp³-hybridized carbons (Fsp3) is 0.259. The molecule has 3 aromatic heterocycles. The zero-order valence-electron chi connectivity index (χ0n) is 20.2. The number of nitrogens with zero attached hydrogens (tertiary/aromatic N) is 2. The van der Waals surface area contributed by atoms with Gasteiger partial charge in [0.1, 0.15) is 17.2 Å². The summed E-state index contributed by atoms with van der Waals surface area (Å²) in [6, 6.07) is 7.26. The molecule has 0 unspecified atom stereocenters. The van der Waals surface area contributed by atoms with Crippen molar-refractivity contribution in [2.24, 2.45) is 5.10 Å². The lowest BCUT2D eigenvalue weighted by molar-refractivity contribution is -0.120. The number of benzene rings is 1. The molecule has 0 radical (unpaired) electrons. The highest BCUT2D eigenvalue weighted by molar-refractivity contribution is 6.30. The van der Waals surface area contributed by atoms with E-state index in [4.69, 9.17) is 20.4 Å². The minimum absolute atomic E-state index is 0.144. The SMILES string of the molecule is Cc1ccc2c(CC(=O)N/N=C3\CCCc4oc(C(=O)Nc5ccc(Cl)cn5)c(C)c43)coc2c1C. The average molecular weight is 505 g/mol. The number of fused-ring (bicyclic) bond motifs is 2. The molecule has 5 rings (SSSR count). The second kappa shape index (κ2) is 9.62. The highest BCUT2D eigenvalue weighted by Gasteiger charge is 2.28. The molecule has 0 atom stereocenters. The number of anilines is 1. The maximum Gasteiger partial charge on any atom is 0.292 e. The molecule has 0 spiro atoms. The molecule has 2 amide bonds. The molecule has 0 bridgehead atoms. The van der Waals surface area contributed by atoms with Crippen LogP contribution in [0.2, 0.25) is 5.02 Å². The van der Waals surface area contributed by atoms with Crippen LogP contribution in [0.15, 0.2) is 50.7 Å². The predicted octanol–water partition coefficient (Wildman–Crippen LogP) is 5.65. The van der Waals surface area contributed by atoms with Gasteiger partial charge in [0.15, 0.2) is 5.76 Å². The van der Waals surface area contributed by atoms with Gasteiger partial charge >= 0.3 is 0 Å². The summed E-state index contributed by atoms with van der Waals surface area (Å²) in [7, 11) is 0. The molecule has 0 fully saturated rings. The van der Waals surface area contributed by atoms with E-state index in [0.29, 0.717) is 40.7 Å². The first-order chi connectivity index (χ1) is 17.3. The van der Waals surface area contributed by atoms with E-state index >= 15 is 0 Å². The molecule has 2 N–H and O–H groups in total. The first-order valence-corrected chi connectivity index (χ1v) is 12.1. The lowest BCUT2D eigenvalue weighted by Crippen LogP contribution is -2.23. The number of aryl methyl sites for hydroxylation is 3. The van der Waals surface area contributed by atoms with E-state index in [1.807, 2.05) is 32.9 Å². The van der Waals surface area contributed by atoms with Crippen molar-refractivity contribution in [1.29, 1.82) is 0 Å². The normalized spacial score (nSPS) is 14.2. The van der Waals surface area contributed by atoms with Gasteiger partial charge < -0.3 is 14.2 Å². The van der Waals surface area contributed by atoms with E-state index in [9.17, 15) is 9.59 Å².